The molecule has 0 saturated heterocycles. The summed E-state index contributed by atoms with van der Waals surface area (Å²) >= 11 is 1.31. The zero-order valence-corrected chi connectivity index (χ0v) is 17.2. The number of carbonyl (C=O) groups is 2. The number of aromatic nitrogens is 2. The predicted octanol–water partition coefficient (Wildman–Crippen LogP) is 4.17. The van der Waals surface area contributed by atoms with Crippen molar-refractivity contribution in [1.82, 2.24) is 15.5 Å². The number of hydrogen-bond acceptors (Lipinski definition) is 5. The summed E-state index contributed by atoms with van der Waals surface area (Å²) in [5, 5.41) is 14.9. The molecule has 7 heteroatoms. The van der Waals surface area contributed by atoms with Crippen molar-refractivity contribution in [2.24, 2.45) is 5.92 Å². The summed E-state index contributed by atoms with van der Waals surface area (Å²) in [4.78, 5) is 24.7. The Kier molecular flexibility index (Phi) is 7.91. The van der Waals surface area contributed by atoms with Gasteiger partial charge < -0.3 is 5.32 Å². The fraction of sp³-hybridized carbons (Fsp3) is 0.500. The third-order valence-corrected chi connectivity index (χ3v) is 5.36. The Hall–Kier alpha value is -2.28. The molecule has 0 aliphatic carbocycles. The topological polar surface area (TPSA) is 84.0 Å². The van der Waals surface area contributed by atoms with Crippen molar-refractivity contribution < 1.29 is 9.59 Å². The second kappa shape index (κ2) is 10.2. The van der Waals surface area contributed by atoms with Crippen molar-refractivity contribution in [3.8, 4) is 10.6 Å². The number of nitrogens with zero attached hydrogens (tertiary/aromatic N) is 2. The minimum atomic E-state index is -0.625. The van der Waals surface area contributed by atoms with Crippen LogP contribution in [0, 0.1) is 12.8 Å². The highest BCUT2D eigenvalue weighted by atomic mass is 32.1. The largest absolute Gasteiger partial charge is 0.344 e. The van der Waals surface area contributed by atoms with Crippen LogP contribution in [0.2, 0.25) is 0 Å². The Bertz CT molecular complexity index is 758. The van der Waals surface area contributed by atoms with E-state index in [2.05, 4.69) is 27.8 Å². The molecule has 0 spiro atoms. The molecule has 0 fully saturated rings. The van der Waals surface area contributed by atoms with E-state index < -0.39 is 6.04 Å². The lowest BCUT2D eigenvalue weighted by molar-refractivity contribution is -0.129. The molecule has 2 atom stereocenters. The standard InChI is InChI=1S/C20H28N4O2S/c1-5-7-8-15(6-2)18(26)21-14(4)17(25)22-20-24-23-19(27-20)16-11-9-13(3)10-12-16/h9-12,14-15H,5-8H2,1-4H3,(H,21,26)(H,22,24,25)/t14-,15+/m1/s1. The van der Waals surface area contributed by atoms with Gasteiger partial charge >= 0.3 is 0 Å². The van der Waals surface area contributed by atoms with E-state index in [0.29, 0.717) is 5.13 Å². The van der Waals surface area contributed by atoms with Crippen molar-refractivity contribution in [1.29, 1.82) is 0 Å². The summed E-state index contributed by atoms with van der Waals surface area (Å²) < 4.78 is 0. The number of rotatable bonds is 9. The van der Waals surface area contributed by atoms with Gasteiger partial charge in [0, 0.05) is 11.5 Å². The van der Waals surface area contributed by atoms with Gasteiger partial charge in [0.15, 0.2) is 0 Å². The van der Waals surface area contributed by atoms with Crippen LogP contribution >= 0.6 is 11.3 Å². The Labute approximate surface area is 164 Å². The lowest BCUT2D eigenvalue weighted by atomic mass is 9.98. The summed E-state index contributed by atoms with van der Waals surface area (Å²) in [6.07, 6.45) is 3.69. The SMILES string of the molecule is CCCC[C@H](CC)C(=O)N[C@H](C)C(=O)Nc1nnc(-c2ccc(C)cc2)s1. The fourth-order valence-corrected chi connectivity index (χ4v) is 3.42. The van der Waals surface area contributed by atoms with Crippen molar-refractivity contribution in [3.63, 3.8) is 0 Å². The van der Waals surface area contributed by atoms with E-state index in [0.717, 1.165) is 36.3 Å². The fourth-order valence-electron chi connectivity index (χ4n) is 2.67. The number of carbonyl (C=O) groups excluding carboxylic acids is 2. The van der Waals surface area contributed by atoms with Crippen molar-refractivity contribution in [3.05, 3.63) is 29.8 Å². The predicted molar refractivity (Wildman–Crippen MR) is 110 cm³/mol. The van der Waals surface area contributed by atoms with Gasteiger partial charge in [0.2, 0.25) is 16.9 Å². The monoisotopic (exact) mass is 388 g/mol. The third kappa shape index (κ3) is 6.13. The average Bonchev–Trinajstić information content (AvgIpc) is 3.11. The van der Waals surface area contributed by atoms with E-state index in [9.17, 15) is 9.59 Å². The smallest absolute Gasteiger partial charge is 0.248 e. The van der Waals surface area contributed by atoms with Crippen LogP contribution in [0.4, 0.5) is 5.13 Å². The first-order chi connectivity index (χ1) is 12.9. The maximum Gasteiger partial charge on any atom is 0.248 e. The first-order valence-corrected chi connectivity index (χ1v) is 10.3. The second-order valence-electron chi connectivity index (χ2n) is 6.75. The highest BCUT2D eigenvalue weighted by molar-refractivity contribution is 7.18. The number of amides is 2. The number of benzene rings is 1. The molecule has 0 aliphatic heterocycles. The highest BCUT2D eigenvalue weighted by Crippen LogP contribution is 2.26. The summed E-state index contributed by atoms with van der Waals surface area (Å²) in [6.45, 7) is 7.81. The Balaban J connectivity index is 1.92. The van der Waals surface area contributed by atoms with Crippen LogP contribution in [0.15, 0.2) is 24.3 Å². The molecule has 1 aromatic heterocycles. The molecular weight excluding hydrogens is 360 g/mol. The van der Waals surface area contributed by atoms with Gasteiger partial charge in [-0.15, -0.1) is 10.2 Å². The molecule has 2 rings (SSSR count). The molecule has 6 nitrogen and oxygen atoms in total. The van der Waals surface area contributed by atoms with Crippen LogP contribution < -0.4 is 10.6 Å². The molecule has 2 amide bonds. The van der Waals surface area contributed by atoms with Crippen LogP contribution in [-0.4, -0.2) is 28.1 Å². The molecule has 1 aromatic carbocycles. The van der Waals surface area contributed by atoms with Gasteiger partial charge in [-0.25, -0.2) is 0 Å². The number of unbranched alkanes of at least 4 members (excludes halogenated alkanes) is 1. The van der Waals surface area contributed by atoms with Crippen LogP contribution in [0.3, 0.4) is 0 Å². The molecule has 0 saturated carbocycles. The van der Waals surface area contributed by atoms with Crippen molar-refractivity contribution >= 4 is 28.3 Å². The quantitative estimate of drug-likeness (QED) is 0.675. The molecule has 0 bridgehead atoms. The minimum absolute atomic E-state index is 0.0464. The summed E-state index contributed by atoms with van der Waals surface area (Å²) in [5.41, 5.74) is 2.13. The first kappa shape index (κ1) is 21.0. The Morgan fingerprint density at radius 2 is 1.81 bits per heavy atom. The summed E-state index contributed by atoms with van der Waals surface area (Å²) in [7, 11) is 0. The lowest BCUT2D eigenvalue weighted by Gasteiger charge is -2.18. The third-order valence-electron chi connectivity index (χ3n) is 4.48. The van der Waals surface area contributed by atoms with E-state index in [4.69, 9.17) is 0 Å². The van der Waals surface area contributed by atoms with Crippen molar-refractivity contribution in [2.45, 2.75) is 59.4 Å². The number of aryl methyl sites for hydroxylation is 1. The van der Waals surface area contributed by atoms with E-state index in [1.807, 2.05) is 38.1 Å². The summed E-state index contributed by atoms with van der Waals surface area (Å²) in [6, 6.07) is 7.35. The van der Waals surface area contributed by atoms with Crippen LogP contribution in [0.1, 0.15) is 52.0 Å². The van der Waals surface area contributed by atoms with Gasteiger partial charge in [-0.05, 0) is 26.7 Å². The van der Waals surface area contributed by atoms with E-state index in [1.54, 1.807) is 6.92 Å². The molecule has 2 aromatic rings. The number of hydrogen-bond donors (Lipinski definition) is 2. The number of nitrogens with one attached hydrogen (secondary N) is 2. The van der Waals surface area contributed by atoms with Gasteiger partial charge in [-0.2, -0.15) is 0 Å². The molecular formula is C20H28N4O2S. The van der Waals surface area contributed by atoms with E-state index >= 15 is 0 Å². The molecule has 0 unspecified atom stereocenters. The van der Waals surface area contributed by atoms with Crippen LogP contribution in [0.25, 0.3) is 10.6 Å². The second-order valence-corrected chi connectivity index (χ2v) is 7.72. The molecule has 146 valence electrons. The van der Waals surface area contributed by atoms with Crippen molar-refractivity contribution in [2.75, 3.05) is 5.32 Å². The van der Waals surface area contributed by atoms with Crippen LogP contribution in [-0.2, 0) is 9.59 Å². The maximum absolute atomic E-state index is 12.4. The highest BCUT2D eigenvalue weighted by Gasteiger charge is 2.22. The molecule has 0 radical (unpaired) electrons. The van der Waals surface area contributed by atoms with Gasteiger partial charge in [-0.3, -0.25) is 14.9 Å². The molecule has 27 heavy (non-hydrogen) atoms. The zero-order valence-electron chi connectivity index (χ0n) is 16.4. The van der Waals surface area contributed by atoms with Crippen LogP contribution in [0.5, 0.6) is 0 Å². The van der Waals surface area contributed by atoms with E-state index in [1.165, 1.54) is 16.9 Å². The van der Waals surface area contributed by atoms with Gasteiger partial charge in [0.25, 0.3) is 0 Å². The molecule has 1 heterocycles. The number of anilines is 1. The Morgan fingerprint density at radius 1 is 1.11 bits per heavy atom. The average molecular weight is 389 g/mol. The molecule has 0 aliphatic rings. The van der Waals surface area contributed by atoms with Gasteiger partial charge in [0.1, 0.15) is 11.0 Å². The van der Waals surface area contributed by atoms with E-state index in [-0.39, 0.29) is 17.7 Å². The summed E-state index contributed by atoms with van der Waals surface area (Å²) in [5.74, 6) is -0.402. The zero-order chi connectivity index (χ0) is 19.8. The first-order valence-electron chi connectivity index (χ1n) is 9.46. The molecule has 2 N–H and O–H groups in total. The normalized spacial score (nSPS) is 13.0. The Morgan fingerprint density at radius 3 is 2.44 bits per heavy atom. The lowest BCUT2D eigenvalue weighted by Crippen LogP contribution is -2.44. The maximum atomic E-state index is 12.4. The van der Waals surface area contributed by atoms with Gasteiger partial charge in [-0.1, -0.05) is 67.9 Å². The minimum Gasteiger partial charge on any atom is -0.344 e. The van der Waals surface area contributed by atoms with Gasteiger partial charge in [0.05, 0.1) is 0 Å².